The highest BCUT2D eigenvalue weighted by Gasteiger charge is 2.06. The summed E-state index contributed by atoms with van der Waals surface area (Å²) in [5.74, 6) is 0.124. The molecular weight excluding hydrogens is 194 g/mol. The first-order chi connectivity index (χ1) is 5.77. The summed E-state index contributed by atoms with van der Waals surface area (Å²) in [6, 6.07) is 3.18. The van der Waals surface area contributed by atoms with E-state index in [1.807, 2.05) is 0 Å². The molecule has 1 aromatic heterocycles. The molecule has 0 fully saturated rings. The van der Waals surface area contributed by atoms with Crippen LogP contribution in [0.5, 0.6) is 5.75 Å². The zero-order valence-corrected chi connectivity index (χ0v) is 8.13. The van der Waals surface area contributed by atoms with Gasteiger partial charge in [-0.2, -0.15) is 0 Å². The van der Waals surface area contributed by atoms with Crippen LogP contribution in [0, 0.1) is 0 Å². The summed E-state index contributed by atoms with van der Waals surface area (Å²) >= 11 is 0. The molecule has 0 aliphatic carbocycles. The van der Waals surface area contributed by atoms with Gasteiger partial charge in [0.1, 0.15) is 5.75 Å². The summed E-state index contributed by atoms with van der Waals surface area (Å²) in [5.41, 5.74) is 0.247. The van der Waals surface area contributed by atoms with Gasteiger partial charge in [0.2, 0.25) is 0 Å². The van der Waals surface area contributed by atoms with Gasteiger partial charge in [-0.05, 0) is 6.07 Å². The second-order valence-corrected chi connectivity index (χ2v) is 2.07. The Kier molecular flexibility index (Phi) is 4.84. The molecule has 0 radical (unpaired) electrons. The van der Waals surface area contributed by atoms with Crippen molar-refractivity contribution in [1.82, 2.24) is 4.98 Å². The Hall–Kier alpha value is -1.29. The van der Waals surface area contributed by atoms with Crippen LogP contribution in [-0.4, -0.2) is 25.2 Å². The van der Waals surface area contributed by atoms with Gasteiger partial charge in [-0.25, -0.2) is 9.78 Å². The van der Waals surface area contributed by atoms with Gasteiger partial charge in [0.25, 0.3) is 0 Å². The molecule has 1 heterocycles. The molecular formula is C8H10ClNO3. The van der Waals surface area contributed by atoms with Gasteiger partial charge in [0.05, 0.1) is 14.2 Å². The number of carbonyl (C=O) groups excluding carboxylic acids is 1. The van der Waals surface area contributed by atoms with E-state index in [0.29, 0.717) is 5.75 Å². The fourth-order valence-corrected chi connectivity index (χ4v) is 0.754. The fraction of sp³-hybridized carbons (Fsp3) is 0.250. The van der Waals surface area contributed by atoms with E-state index in [9.17, 15) is 4.79 Å². The van der Waals surface area contributed by atoms with E-state index < -0.39 is 5.97 Å². The number of hydrogen-bond donors (Lipinski definition) is 0. The molecule has 0 amide bonds. The van der Waals surface area contributed by atoms with Crippen molar-refractivity contribution in [2.75, 3.05) is 14.2 Å². The minimum absolute atomic E-state index is 0. The van der Waals surface area contributed by atoms with Crippen molar-refractivity contribution in [3.05, 3.63) is 24.0 Å². The maximum Gasteiger partial charge on any atom is 0.356 e. The summed E-state index contributed by atoms with van der Waals surface area (Å²) in [7, 11) is 2.83. The van der Waals surface area contributed by atoms with Gasteiger partial charge in [0, 0.05) is 12.3 Å². The molecule has 0 saturated carbocycles. The smallest absolute Gasteiger partial charge is 0.356 e. The maximum atomic E-state index is 10.9. The number of esters is 1. The van der Waals surface area contributed by atoms with Gasteiger partial charge in [-0.3, -0.25) is 0 Å². The lowest BCUT2D eigenvalue weighted by Crippen LogP contribution is -2.03. The number of ether oxygens (including phenoxy) is 2. The Labute approximate surface area is 82.3 Å². The molecule has 72 valence electrons. The Bertz CT molecular complexity index is 290. The van der Waals surface area contributed by atoms with E-state index in [4.69, 9.17) is 4.74 Å². The number of pyridine rings is 1. The minimum Gasteiger partial charge on any atom is -0.497 e. The highest BCUT2D eigenvalue weighted by molar-refractivity contribution is 5.87. The van der Waals surface area contributed by atoms with Crippen molar-refractivity contribution in [3.63, 3.8) is 0 Å². The summed E-state index contributed by atoms with van der Waals surface area (Å²) in [4.78, 5) is 14.7. The Morgan fingerprint density at radius 1 is 1.46 bits per heavy atom. The van der Waals surface area contributed by atoms with Crippen LogP contribution in [0.25, 0.3) is 0 Å². The van der Waals surface area contributed by atoms with Gasteiger partial charge < -0.3 is 9.47 Å². The Morgan fingerprint density at radius 3 is 2.69 bits per heavy atom. The van der Waals surface area contributed by atoms with Crippen molar-refractivity contribution < 1.29 is 14.3 Å². The van der Waals surface area contributed by atoms with E-state index in [1.165, 1.54) is 26.5 Å². The van der Waals surface area contributed by atoms with Crippen molar-refractivity contribution >= 4 is 18.4 Å². The van der Waals surface area contributed by atoms with E-state index in [1.54, 1.807) is 6.07 Å². The van der Waals surface area contributed by atoms with Crippen molar-refractivity contribution in [2.45, 2.75) is 0 Å². The molecule has 13 heavy (non-hydrogen) atoms. The van der Waals surface area contributed by atoms with Crippen molar-refractivity contribution in [3.8, 4) is 5.75 Å². The second-order valence-electron chi connectivity index (χ2n) is 2.07. The molecule has 0 aliphatic rings. The molecule has 1 aromatic rings. The van der Waals surface area contributed by atoms with Gasteiger partial charge in [-0.15, -0.1) is 12.4 Å². The third kappa shape index (κ3) is 2.91. The molecule has 0 unspecified atom stereocenters. The monoisotopic (exact) mass is 203 g/mol. The normalized spacial score (nSPS) is 8.46. The predicted molar refractivity (Wildman–Crippen MR) is 49.4 cm³/mol. The lowest BCUT2D eigenvalue weighted by molar-refractivity contribution is 0.0593. The van der Waals surface area contributed by atoms with Crippen molar-refractivity contribution in [2.24, 2.45) is 0 Å². The standard InChI is InChI=1S/C8H9NO3.ClH/c1-11-6-3-4-9-7(5-6)8(10)12-2;/h3-5H,1-2H3;1H. The van der Waals surface area contributed by atoms with Crippen LogP contribution < -0.4 is 4.74 Å². The molecule has 5 heteroatoms. The maximum absolute atomic E-state index is 10.9. The highest BCUT2D eigenvalue weighted by Crippen LogP contribution is 2.10. The van der Waals surface area contributed by atoms with Gasteiger partial charge >= 0.3 is 5.97 Å². The molecule has 0 saturated heterocycles. The molecule has 1 rings (SSSR count). The number of rotatable bonds is 2. The van der Waals surface area contributed by atoms with Crippen molar-refractivity contribution in [1.29, 1.82) is 0 Å². The molecule has 0 aliphatic heterocycles. The predicted octanol–water partition coefficient (Wildman–Crippen LogP) is 1.30. The molecule has 4 nitrogen and oxygen atoms in total. The number of nitrogens with zero attached hydrogens (tertiary/aromatic N) is 1. The van der Waals surface area contributed by atoms with Crippen LogP contribution in [-0.2, 0) is 4.74 Å². The van der Waals surface area contributed by atoms with E-state index in [-0.39, 0.29) is 18.1 Å². The average Bonchev–Trinajstić information content (AvgIpc) is 2.17. The van der Waals surface area contributed by atoms with Gasteiger partial charge in [0.15, 0.2) is 5.69 Å². The molecule has 0 N–H and O–H groups in total. The number of carbonyl (C=O) groups is 1. The summed E-state index contributed by atoms with van der Waals surface area (Å²) in [5, 5.41) is 0. The zero-order chi connectivity index (χ0) is 8.97. The molecule has 0 aromatic carbocycles. The molecule has 0 bridgehead atoms. The SMILES string of the molecule is COC(=O)c1cc(OC)ccn1.Cl. The zero-order valence-electron chi connectivity index (χ0n) is 7.31. The van der Waals surface area contributed by atoms with Crippen LogP contribution in [0.3, 0.4) is 0 Å². The highest BCUT2D eigenvalue weighted by atomic mass is 35.5. The Morgan fingerprint density at radius 2 is 2.15 bits per heavy atom. The largest absolute Gasteiger partial charge is 0.497 e. The number of halogens is 1. The van der Waals surface area contributed by atoms with E-state index >= 15 is 0 Å². The van der Waals surface area contributed by atoms with Crippen LogP contribution in [0.4, 0.5) is 0 Å². The second kappa shape index (κ2) is 5.37. The topological polar surface area (TPSA) is 48.4 Å². The third-order valence-electron chi connectivity index (χ3n) is 1.36. The lowest BCUT2D eigenvalue weighted by atomic mass is 10.3. The van der Waals surface area contributed by atoms with Crippen LogP contribution >= 0.6 is 12.4 Å². The van der Waals surface area contributed by atoms with Crippen LogP contribution in [0.1, 0.15) is 10.5 Å². The van der Waals surface area contributed by atoms with E-state index in [2.05, 4.69) is 9.72 Å². The lowest BCUT2D eigenvalue weighted by Gasteiger charge is -2.00. The quantitative estimate of drug-likeness (QED) is 0.680. The van der Waals surface area contributed by atoms with Crippen LogP contribution in [0.2, 0.25) is 0 Å². The summed E-state index contributed by atoms with van der Waals surface area (Å²) in [6.07, 6.45) is 1.49. The third-order valence-corrected chi connectivity index (χ3v) is 1.36. The Balaban J connectivity index is 0.00000144. The number of hydrogen-bond acceptors (Lipinski definition) is 4. The first-order valence-corrected chi connectivity index (χ1v) is 3.36. The summed E-state index contributed by atoms with van der Waals surface area (Å²) in [6.45, 7) is 0. The minimum atomic E-state index is -0.464. The first kappa shape index (κ1) is 11.7. The average molecular weight is 204 g/mol. The van der Waals surface area contributed by atoms with E-state index in [0.717, 1.165) is 0 Å². The molecule has 0 atom stereocenters. The van der Waals surface area contributed by atoms with Crippen LogP contribution in [0.15, 0.2) is 18.3 Å². The first-order valence-electron chi connectivity index (χ1n) is 3.36. The molecule has 0 spiro atoms. The van der Waals surface area contributed by atoms with Gasteiger partial charge in [-0.1, -0.05) is 0 Å². The number of aromatic nitrogens is 1. The number of methoxy groups -OCH3 is 2. The fourth-order valence-electron chi connectivity index (χ4n) is 0.754. The summed E-state index contributed by atoms with van der Waals surface area (Å²) < 4.78 is 9.38.